The molecule has 3 aromatic carbocycles. The van der Waals surface area contributed by atoms with Crippen molar-refractivity contribution >= 4 is 34.2 Å². The number of nitrogens with zero attached hydrogens (tertiary/aromatic N) is 3. The fraction of sp³-hybridized carbons (Fsp3) is 0.0400. The molecular formula is C25H19N5O3. The minimum atomic E-state index is -0.466. The molecule has 0 fully saturated rings. The Labute approximate surface area is 189 Å². The van der Waals surface area contributed by atoms with Crippen LogP contribution in [0.25, 0.3) is 22.5 Å². The van der Waals surface area contributed by atoms with Crippen molar-refractivity contribution in [2.75, 3.05) is 10.6 Å². The predicted octanol–water partition coefficient (Wildman–Crippen LogP) is 4.93. The number of non-ortho nitro benzene ring substituents is 1. The van der Waals surface area contributed by atoms with Crippen molar-refractivity contribution in [3.05, 3.63) is 107 Å². The van der Waals surface area contributed by atoms with Gasteiger partial charge in [0.05, 0.1) is 28.2 Å². The third-order valence-corrected chi connectivity index (χ3v) is 5.43. The van der Waals surface area contributed by atoms with Gasteiger partial charge in [0.15, 0.2) is 0 Å². The maximum Gasteiger partial charge on any atom is 0.270 e. The van der Waals surface area contributed by atoms with Crippen LogP contribution in [-0.2, 0) is 11.8 Å². The summed E-state index contributed by atoms with van der Waals surface area (Å²) in [5, 5.41) is 17.5. The number of carbonyl (C=O) groups is 1. The van der Waals surface area contributed by atoms with Crippen LogP contribution >= 0.6 is 0 Å². The molecule has 0 spiro atoms. The molecule has 2 heterocycles. The van der Waals surface area contributed by atoms with Crippen molar-refractivity contribution in [1.29, 1.82) is 0 Å². The molecule has 0 bridgehead atoms. The zero-order valence-electron chi connectivity index (χ0n) is 17.6. The molecule has 8 nitrogen and oxygen atoms in total. The van der Waals surface area contributed by atoms with Crippen LogP contribution in [-0.4, -0.2) is 20.4 Å². The summed E-state index contributed by atoms with van der Waals surface area (Å²) >= 11 is 0. The number of amides is 1. The average molecular weight is 437 g/mol. The molecule has 0 aliphatic carbocycles. The van der Waals surface area contributed by atoms with Crippen LogP contribution in [0.1, 0.15) is 11.1 Å². The van der Waals surface area contributed by atoms with Gasteiger partial charge in [-0.2, -0.15) is 0 Å². The van der Waals surface area contributed by atoms with Gasteiger partial charge in [0.2, 0.25) is 0 Å². The highest BCUT2D eigenvalue weighted by Gasteiger charge is 2.30. The molecule has 0 radical (unpaired) electrons. The first kappa shape index (κ1) is 20.2. The van der Waals surface area contributed by atoms with E-state index in [1.807, 2.05) is 72.4 Å². The molecule has 1 amide bonds. The molecule has 1 aliphatic rings. The molecule has 33 heavy (non-hydrogen) atoms. The summed E-state index contributed by atoms with van der Waals surface area (Å²) in [6.45, 7) is 0. The van der Waals surface area contributed by atoms with Crippen molar-refractivity contribution in [1.82, 2.24) is 9.55 Å². The summed E-state index contributed by atoms with van der Waals surface area (Å²) in [5.74, 6) is -0.318. The monoisotopic (exact) mass is 437 g/mol. The lowest BCUT2D eigenvalue weighted by molar-refractivity contribution is -0.384. The molecule has 8 heteroatoms. The number of carbonyl (C=O) groups excluding carboxylic acids is 1. The molecule has 0 atom stereocenters. The van der Waals surface area contributed by atoms with Crippen molar-refractivity contribution in [3.63, 3.8) is 0 Å². The van der Waals surface area contributed by atoms with Crippen molar-refractivity contribution in [3.8, 4) is 11.3 Å². The van der Waals surface area contributed by atoms with E-state index in [0.29, 0.717) is 22.5 Å². The summed E-state index contributed by atoms with van der Waals surface area (Å²) in [7, 11) is 1.92. The lowest BCUT2D eigenvalue weighted by atomic mass is 9.99. The fourth-order valence-corrected chi connectivity index (χ4v) is 3.83. The minimum absolute atomic E-state index is 0.0742. The van der Waals surface area contributed by atoms with E-state index < -0.39 is 4.92 Å². The van der Waals surface area contributed by atoms with Gasteiger partial charge < -0.3 is 15.2 Å². The number of anilines is 2. The third kappa shape index (κ3) is 3.85. The molecule has 0 saturated heterocycles. The van der Waals surface area contributed by atoms with Crippen LogP contribution in [0, 0.1) is 10.1 Å². The minimum Gasteiger partial charge on any atom is -0.354 e. The molecule has 2 N–H and O–H groups in total. The first-order valence-corrected chi connectivity index (χ1v) is 10.2. The van der Waals surface area contributed by atoms with E-state index in [2.05, 4.69) is 15.6 Å². The first-order valence-electron chi connectivity index (χ1n) is 10.2. The van der Waals surface area contributed by atoms with E-state index >= 15 is 0 Å². The standard InChI is InChI=1S/C25H19N5O3/c1-29-14-22(26-15-29)16-7-9-18(10-8-16)27-24(17-5-3-2-4-6-17)23-20-13-19(30(32)33)11-12-21(20)28-25(23)31/h2-15,27H,1H3,(H,28,31)/b24-23-. The van der Waals surface area contributed by atoms with Crippen LogP contribution in [0.2, 0.25) is 0 Å². The molecular weight excluding hydrogens is 418 g/mol. The highest BCUT2D eigenvalue weighted by Crippen LogP contribution is 2.39. The molecule has 5 rings (SSSR count). The molecule has 0 saturated carbocycles. The van der Waals surface area contributed by atoms with Crippen molar-refractivity contribution in [2.24, 2.45) is 7.05 Å². The summed E-state index contributed by atoms with van der Waals surface area (Å²) < 4.78 is 1.88. The van der Waals surface area contributed by atoms with Gasteiger partial charge in [-0.3, -0.25) is 14.9 Å². The summed E-state index contributed by atoms with van der Waals surface area (Å²) in [6.07, 6.45) is 3.68. The Kier molecular flexibility index (Phi) is 4.95. The number of nitro groups is 1. The Bertz CT molecular complexity index is 1410. The van der Waals surface area contributed by atoms with Gasteiger partial charge in [0.25, 0.3) is 11.6 Å². The Balaban J connectivity index is 1.60. The van der Waals surface area contributed by atoms with E-state index in [9.17, 15) is 14.9 Å². The number of nitrogens with one attached hydrogen (secondary N) is 2. The van der Waals surface area contributed by atoms with E-state index in [-0.39, 0.29) is 11.6 Å². The Hall–Kier alpha value is -4.72. The maximum absolute atomic E-state index is 13.0. The third-order valence-electron chi connectivity index (χ3n) is 5.43. The molecule has 0 unspecified atom stereocenters. The van der Waals surface area contributed by atoms with Gasteiger partial charge in [-0.25, -0.2) is 4.98 Å². The lowest BCUT2D eigenvalue weighted by Crippen LogP contribution is -2.10. The number of hydrogen-bond acceptors (Lipinski definition) is 5. The van der Waals surface area contributed by atoms with Gasteiger partial charge in [-0.15, -0.1) is 0 Å². The van der Waals surface area contributed by atoms with Crippen LogP contribution < -0.4 is 10.6 Å². The zero-order valence-corrected chi connectivity index (χ0v) is 17.6. The topological polar surface area (TPSA) is 102 Å². The molecule has 162 valence electrons. The smallest absolute Gasteiger partial charge is 0.270 e. The van der Waals surface area contributed by atoms with E-state index in [1.165, 1.54) is 12.1 Å². The van der Waals surface area contributed by atoms with Crippen molar-refractivity contribution in [2.45, 2.75) is 0 Å². The normalized spacial score (nSPS) is 13.9. The SMILES string of the molecule is Cn1cnc(-c2ccc(N/C(=C3\C(=O)Nc4ccc([N+](=O)[O-])cc43)c3ccccc3)cc2)c1. The number of fused-ring (bicyclic) bond motifs is 1. The lowest BCUT2D eigenvalue weighted by Gasteiger charge is -2.15. The quantitative estimate of drug-likeness (QED) is 0.262. The molecule has 1 aliphatic heterocycles. The van der Waals surface area contributed by atoms with Crippen LogP contribution in [0.15, 0.2) is 85.3 Å². The van der Waals surface area contributed by atoms with Crippen LogP contribution in [0.5, 0.6) is 0 Å². The van der Waals surface area contributed by atoms with Gasteiger partial charge in [0.1, 0.15) is 0 Å². The maximum atomic E-state index is 13.0. The number of hydrogen-bond donors (Lipinski definition) is 2. The second kappa shape index (κ2) is 8.08. The van der Waals surface area contributed by atoms with Gasteiger partial charge >= 0.3 is 0 Å². The number of rotatable bonds is 5. The van der Waals surface area contributed by atoms with Crippen LogP contribution in [0.4, 0.5) is 17.1 Å². The Morgan fingerprint density at radius 3 is 2.48 bits per heavy atom. The van der Waals surface area contributed by atoms with Gasteiger partial charge in [0, 0.05) is 47.9 Å². The summed E-state index contributed by atoms with van der Waals surface area (Å²) in [5.41, 5.74) is 5.27. The fourth-order valence-electron chi connectivity index (χ4n) is 3.83. The largest absolute Gasteiger partial charge is 0.354 e. The van der Waals surface area contributed by atoms with Crippen LogP contribution in [0.3, 0.4) is 0 Å². The van der Waals surface area contributed by atoms with E-state index in [1.54, 1.807) is 12.4 Å². The first-order chi connectivity index (χ1) is 16.0. The number of aryl methyl sites for hydroxylation is 1. The predicted molar refractivity (Wildman–Crippen MR) is 127 cm³/mol. The zero-order chi connectivity index (χ0) is 22.9. The highest BCUT2D eigenvalue weighted by atomic mass is 16.6. The number of imidazole rings is 1. The second-order valence-electron chi connectivity index (χ2n) is 7.68. The van der Waals surface area contributed by atoms with E-state index in [4.69, 9.17) is 0 Å². The van der Waals surface area contributed by atoms with Crippen molar-refractivity contribution < 1.29 is 9.72 Å². The number of nitro benzene ring substituents is 1. The van der Waals surface area contributed by atoms with Gasteiger partial charge in [-0.05, 0) is 23.8 Å². The Morgan fingerprint density at radius 2 is 1.82 bits per heavy atom. The van der Waals surface area contributed by atoms with Gasteiger partial charge in [-0.1, -0.05) is 42.5 Å². The summed E-state index contributed by atoms with van der Waals surface area (Å²) in [4.78, 5) is 28.2. The second-order valence-corrected chi connectivity index (χ2v) is 7.68. The van der Waals surface area contributed by atoms with E-state index in [0.717, 1.165) is 22.5 Å². The molecule has 1 aromatic heterocycles. The summed E-state index contributed by atoms with van der Waals surface area (Å²) in [6, 6.07) is 21.5. The molecule has 4 aromatic rings. The number of aromatic nitrogens is 2. The number of benzene rings is 3. The highest BCUT2D eigenvalue weighted by molar-refractivity contribution is 6.37. The Morgan fingerprint density at radius 1 is 1.06 bits per heavy atom. The average Bonchev–Trinajstić information content (AvgIpc) is 3.40.